The van der Waals surface area contributed by atoms with Crippen LogP contribution in [0.15, 0.2) is 37.1 Å². The van der Waals surface area contributed by atoms with Gasteiger partial charge in [0.05, 0.1) is 6.04 Å². The molecule has 1 heteroatoms. The molecule has 0 bridgehead atoms. The smallest absolute Gasteiger partial charge is 0.0507 e. The molecule has 1 aromatic carbocycles. The summed E-state index contributed by atoms with van der Waals surface area (Å²) in [6.07, 6.45) is 4.75. The Hall–Kier alpha value is -1.50. The summed E-state index contributed by atoms with van der Waals surface area (Å²) in [6, 6.07) is 7.14. The van der Waals surface area contributed by atoms with Crippen LogP contribution in [-0.2, 0) is 12.8 Å². The molecule has 1 aliphatic rings. The van der Waals surface area contributed by atoms with Gasteiger partial charge in [-0.1, -0.05) is 38.3 Å². The van der Waals surface area contributed by atoms with Crippen molar-refractivity contribution < 1.29 is 0 Å². The monoisotopic (exact) mass is 255 g/mol. The van der Waals surface area contributed by atoms with E-state index < -0.39 is 0 Å². The van der Waals surface area contributed by atoms with Gasteiger partial charge in [-0.25, -0.2) is 0 Å². The highest BCUT2D eigenvalue weighted by molar-refractivity contribution is 5.68. The average Bonchev–Trinajstić information content (AvgIpc) is 2.91. The summed E-state index contributed by atoms with van der Waals surface area (Å²) in [5, 5.41) is 0. The third kappa shape index (κ3) is 2.75. The highest BCUT2D eigenvalue weighted by Gasteiger charge is 2.17. The third-order valence-corrected chi connectivity index (χ3v) is 4.46. The van der Waals surface area contributed by atoms with E-state index >= 15 is 0 Å². The van der Waals surface area contributed by atoms with E-state index in [-0.39, 0.29) is 0 Å². The summed E-state index contributed by atoms with van der Waals surface area (Å²) in [5.41, 5.74) is 6.67. The van der Waals surface area contributed by atoms with Crippen LogP contribution < -0.4 is 0 Å². The van der Waals surface area contributed by atoms with Crippen molar-refractivity contribution in [3.63, 3.8) is 0 Å². The van der Waals surface area contributed by atoms with Gasteiger partial charge in [0.2, 0.25) is 0 Å². The first-order valence-corrected chi connectivity index (χ1v) is 7.26. The fourth-order valence-corrected chi connectivity index (χ4v) is 2.77. The Morgan fingerprint density at radius 1 is 1.26 bits per heavy atom. The number of allylic oxidation sites excluding steroid dienone is 1. The Balaban J connectivity index is 2.17. The van der Waals surface area contributed by atoms with Gasteiger partial charge in [0, 0.05) is 12.7 Å². The third-order valence-electron chi connectivity index (χ3n) is 4.46. The minimum atomic E-state index is 0.298. The molecule has 0 spiro atoms. The predicted octanol–water partition coefficient (Wildman–Crippen LogP) is 4.43. The van der Waals surface area contributed by atoms with Crippen molar-refractivity contribution in [1.82, 2.24) is 4.90 Å². The van der Waals surface area contributed by atoms with Crippen LogP contribution in [0.25, 0.3) is 5.57 Å². The molecule has 1 aliphatic carbocycles. The van der Waals surface area contributed by atoms with Crippen LogP contribution >= 0.6 is 0 Å². The normalized spacial score (nSPS) is 14.9. The maximum atomic E-state index is 4.31. The molecule has 0 radical (unpaired) electrons. The van der Waals surface area contributed by atoms with Crippen LogP contribution in [0.4, 0.5) is 0 Å². The largest absolute Gasteiger partial charge is 0.372 e. The number of aryl methyl sites for hydroxylation is 2. The lowest BCUT2D eigenvalue weighted by Crippen LogP contribution is -2.28. The van der Waals surface area contributed by atoms with Crippen molar-refractivity contribution >= 4 is 5.57 Å². The zero-order valence-electron chi connectivity index (χ0n) is 12.5. The standard InChI is InChI=1S/C18H25N/c1-6-13(2)19(5)15(4)14(3)17-11-10-16-8-7-9-18(16)12-17/h10-12,15H,2-3,6-9H2,1,4-5H3. The summed E-state index contributed by atoms with van der Waals surface area (Å²) >= 11 is 0. The molecule has 2 rings (SSSR count). The fraction of sp³-hybridized carbons (Fsp3) is 0.444. The molecule has 0 amide bonds. The molecular formula is C18H25N. The van der Waals surface area contributed by atoms with Crippen molar-refractivity contribution in [2.24, 2.45) is 0 Å². The zero-order valence-corrected chi connectivity index (χ0v) is 12.5. The Kier molecular flexibility index (Phi) is 4.14. The fourth-order valence-electron chi connectivity index (χ4n) is 2.77. The lowest BCUT2D eigenvalue weighted by molar-refractivity contribution is 0.373. The molecule has 102 valence electrons. The Morgan fingerprint density at radius 3 is 2.63 bits per heavy atom. The van der Waals surface area contributed by atoms with Crippen LogP contribution in [0.2, 0.25) is 0 Å². The van der Waals surface area contributed by atoms with Crippen LogP contribution in [0.5, 0.6) is 0 Å². The lowest BCUT2D eigenvalue weighted by Gasteiger charge is -2.30. The van der Waals surface area contributed by atoms with Gasteiger partial charge in [-0.3, -0.25) is 0 Å². The molecule has 0 saturated heterocycles. The van der Waals surface area contributed by atoms with E-state index in [2.05, 4.69) is 57.2 Å². The second-order valence-electron chi connectivity index (χ2n) is 5.57. The minimum Gasteiger partial charge on any atom is -0.372 e. The van der Waals surface area contributed by atoms with E-state index in [0.29, 0.717) is 6.04 Å². The molecule has 1 unspecified atom stereocenters. The Labute approximate surface area is 117 Å². The van der Waals surface area contributed by atoms with Crippen LogP contribution in [-0.4, -0.2) is 18.0 Å². The molecule has 0 saturated carbocycles. The minimum absolute atomic E-state index is 0.298. The van der Waals surface area contributed by atoms with Crippen LogP contribution in [0.3, 0.4) is 0 Å². The highest BCUT2D eigenvalue weighted by Crippen LogP contribution is 2.28. The molecule has 0 heterocycles. The molecular weight excluding hydrogens is 230 g/mol. The van der Waals surface area contributed by atoms with Gasteiger partial charge in [-0.15, -0.1) is 0 Å². The Morgan fingerprint density at radius 2 is 1.95 bits per heavy atom. The predicted molar refractivity (Wildman–Crippen MR) is 84.2 cm³/mol. The Bertz CT molecular complexity index is 498. The maximum Gasteiger partial charge on any atom is 0.0507 e. The SMILES string of the molecule is C=C(c1ccc2c(c1)CCC2)C(C)N(C)C(=C)CC. The molecule has 0 aliphatic heterocycles. The van der Waals surface area contributed by atoms with Crippen molar-refractivity contribution in [3.8, 4) is 0 Å². The summed E-state index contributed by atoms with van der Waals surface area (Å²) in [5.74, 6) is 0. The molecule has 1 atom stereocenters. The van der Waals surface area contributed by atoms with E-state index in [1.165, 1.54) is 41.5 Å². The van der Waals surface area contributed by atoms with Gasteiger partial charge in [0.25, 0.3) is 0 Å². The average molecular weight is 255 g/mol. The van der Waals surface area contributed by atoms with Gasteiger partial charge in [0.1, 0.15) is 0 Å². The molecule has 0 aromatic heterocycles. The summed E-state index contributed by atoms with van der Waals surface area (Å²) < 4.78 is 0. The maximum absolute atomic E-state index is 4.31. The van der Waals surface area contributed by atoms with E-state index in [4.69, 9.17) is 0 Å². The van der Waals surface area contributed by atoms with E-state index in [1.54, 1.807) is 0 Å². The van der Waals surface area contributed by atoms with Crippen LogP contribution in [0.1, 0.15) is 43.4 Å². The molecule has 19 heavy (non-hydrogen) atoms. The zero-order chi connectivity index (χ0) is 14.0. The van der Waals surface area contributed by atoms with Gasteiger partial charge in [-0.05, 0) is 54.9 Å². The number of benzene rings is 1. The van der Waals surface area contributed by atoms with Crippen molar-refractivity contribution in [1.29, 1.82) is 0 Å². The first-order chi connectivity index (χ1) is 9.04. The van der Waals surface area contributed by atoms with Crippen molar-refractivity contribution in [2.45, 2.75) is 45.6 Å². The van der Waals surface area contributed by atoms with Crippen LogP contribution in [0, 0.1) is 0 Å². The highest BCUT2D eigenvalue weighted by atomic mass is 15.1. The molecule has 1 nitrogen and oxygen atoms in total. The summed E-state index contributed by atoms with van der Waals surface area (Å²) in [6.45, 7) is 12.8. The summed E-state index contributed by atoms with van der Waals surface area (Å²) in [4.78, 5) is 2.23. The molecule has 0 N–H and O–H groups in total. The molecule has 0 fully saturated rings. The lowest BCUT2D eigenvalue weighted by atomic mass is 9.96. The summed E-state index contributed by atoms with van der Waals surface area (Å²) in [7, 11) is 2.11. The van der Waals surface area contributed by atoms with E-state index in [0.717, 1.165) is 12.1 Å². The van der Waals surface area contributed by atoms with E-state index in [9.17, 15) is 0 Å². The van der Waals surface area contributed by atoms with Gasteiger partial charge >= 0.3 is 0 Å². The van der Waals surface area contributed by atoms with E-state index in [1.807, 2.05) is 0 Å². The number of nitrogens with zero attached hydrogens (tertiary/aromatic N) is 1. The van der Waals surface area contributed by atoms with Gasteiger partial charge < -0.3 is 4.90 Å². The second-order valence-corrected chi connectivity index (χ2v) is 5.57. The second kappa shape index (κ2) is 5.64. The number of hydrogen-bond donors (Lipinski definition) is 0. The van der Waals surface area contributed by atoms with Crippen molar-refractivity contribution in [2.75, 3.05) is 7.05 Å². The topological polar surface area (TPSA) is 3.24 Å². The molecule has 1 aromatic rings. The first kappa shape index (κ1) is 13.9. The number of likely N-dealkylation sites (N-methyl/N-ethyl adjacent to an activating group) is 1. The van der Waals surface area contributed by atoms with Gasteiger partial charge in [0.15, 0.2) is 0 Å². The number of hydrogen-bond acceptors (Lipinski definition) is 1. The first-order valence-electron chi connectivity index (χ1n) is 7.26. The van der Waals surface area contributed by atoms with Crippen molar-refractivity contribution in [3.05, 3.63) is 53.7 Å². The number of rotatable bonds is 5. The van der Waals surface area contributed by atoms with Gasteiger partial charge in [-0.2, -0.15) is 0 Å². The quantitative estimate of drug-likeness (QED) is 0.752. The number of fused-ring (bicyclic) bond motifs is 1.